The van der Waals surface area contributed by atoms with E-state index in [4.69, 9.17) is 10.2 Å². The lowest BCUT2D eigenvalue weighted by molar-refractivity contribution is -0.122. The molecule has 1 amide bonds. The van der Waals surface area contributed by atoms with E-state index in [0.717, 1.165) is 11.5 Å². The minimum absolute atomic E-state index is 0.0584. The van der Waals surface area contributed by atoms with Crippen LogP contribution in [0.3, 0.4) is 0 Å². The van der Waals surface area contributed by atoms with Gasteiger partial charge >= 0.3 is 0 Å². The number of anilines is 1. The predicted molar refractivity (Wildman–Crippen MR) is 62.3 cm³/mol. The third-order valence-corrected chi connectivity index (χ3v) is 2.37. The second-order valence-corrected chi connectivity index (χ2v) is 3.83. The number of oxazole rings is 1. The van der Waals surface area contributed by atoms with Gasteiger partial charge in [0.25, 0.3) is 0 Å². The third kappa shape index (κ3) is 2.84. The summed E-state index contributed by atoms with van der Waals surface area (Å²) < 4.78 is 6.70. The zero-order chi connectivity index (χ0) is 13.1. The van der Waals surface area contributed by atoms with Crippen LogP contribution in [0.5, 0.6) is 0 Å². The van der Waals surface area contributed by atoms with Crippen LogP contribution in [0, 0.1) is 13.8 Å². The minimum Gasteiger partial charge on any atom is -0.444 e. The molecule has 18 heavy (non-hydrogen) atoms. The number of carbonyl (C=O) groups is 1. The zero-order valence-corrected chi connectivity index (χ0v) is 10.2. The molecule has 0 saturated carbocycles. The van der Waals surface area contributed by atoms with Crippen molar-refractivity contribution in [3.05, 3.63) is 23.7 Å². The SMILES string of the molecule is Cc1nc(CNC(=O)Cn2cnc(N)n2)oc1C. The molecular weight excluding hydrogens is 236 g/mol. The van der Waals surface area contributed by atoms with Gasteiger partial charge in [0.1, 0.15) is 18.6 Å². The van der Waals surface area contributed by atoms with Crippen LogP contribution in [0.2, 0.25) is 0 Å². The molecule has 0 atom stereocenters. The molecule has 0 unspecified atom stereocenters. The topological polar surface area (TPSA) is 112 Å². The van der Waals surface area contributed by atoms with Gasteiger partial charge in [-0.3, -0.25) is 4.79 Å². The van der Waals surface area contributed by atoms with Gasteiger partial charge in [-0.15, -0.1) is 5.10 Å². The molecule has 2 heterocycles. The van der Waals surface area contributed by atoms with Crippen LogP contribution in [0.1, 0.15) is 17.3 Å². The van der Waals surface area contributed by atoms with Crippen molar-refractivity contribution in [3.8, 4) is 0 Å². The van der Waals surface area contributed by atoms with Gasteiger partial charge in [0, 0.05) is 0 Å². The minimum atomic E-state index is -0.214. The highest BCUT2D eigenvalue weighted by atomic mass is 16.4. The van der Waals surface area contributed by atoms with Gasteiger partial charge in [0.2, 0.25) is 17.7 Å². The Bertz CT molecular complexity index is 539. The van der Waals surface area contributed by atoms with E-state index in [1.165, 1.54) is 11.0 Å². The number of nitrogen functional groups attached to an aromatic ring is 1. The first-order chi connectivity index (χ1) is 8.54. The lowest BCUT2D eigenvalue weighted by Crippen LogP contribution is -2.27. The Morgan fingerprint density at radius 3 is 2.89 bits per heavy atom. The number of hydrogen-bond donors (Lipinski definition) is 2. The fraction of sp³-hybridized carbons (Fsp3) is 0.400. The van der Waals surface area contributed by atoms with Gasteiger partial charge in [-0.25, -0.2) is 14.6 Å². The first-order valence-electron chi connectivity index (χ1n) is 5.39. The molecule has 0 radical (unpaired) electrons. The van der Waals surface area contributed by atoms with E-state index >= 15 is 0 Å². The fourth-order valence-corrected chi connectivity index (χ4v) is 1.38. The number of nitrogens with one attached hydrogen (secondary N) is 1. The normalized spacial score (nSPS) is 10.6. The maximum atomic E-state index is 11.6. The summed E-state index contributed by atoms with van der Waals surface area (Å²) >= 11 is 0. The highest BCUT2D eigenvalue weighted by molar-refractivity contribution is 5.75. The zero-order valence-electron chi connectivity index (χ0n) is 10.2. The highest BCUT2D eigenvalue weighted by Crippen LogP contribution is 2.07. The Hall–Kier alpha value is -2.38. The van der Waals surface area contributed by atoms with Gasteiger partial charge < -0.3 is 15.5 Å². The molecule has 0 aliphatic rings. The number of hydrogen-bond acceptors (Lipinski definition) is 6. The monoisotopic (exact) mass is 250 g/mol. The summed E-state index contributed by atoms with van der Waals surface area (Å²) in [5.74, 6) is 1.16. The molecule has 0 aliphatic carbocycles. The van der Waals surface area contributed by atoms with Crippen molar-refractivity contribution in [3.63, 3.8) is 0 Å². The summed E-state index contributed by atoms with van der Waals surface area (Å²) in [6.07, 6.45) is 1.40. The van der Waals surface area contributed by atoms with Crippen LogP contribution in [-0.4, -0.2) is 25.7 Å². The summed E-state index contributed by atoms with van der Waals surface area (Å²) in [6, 6.07) is 0. The summed E-state index contributed by atoms with van der Waals surface area (Å²) in [6.45, 7) is 3.98. The van der Waals surface area contributed by atoms with E-state index in [0.29, 0.717) is 5.89 Å². The largest absolute Gasteiger partial charge is 0.444 e. The van der Waals surface area contributed by atoms with E-state index in [2.05, 4.69) is 20.4 Å². The number of carbonyl (C=O) groups excluding carboxylic acids is 1. The van der Waals surface area contributed by atoms with Crippen LogP contribution >= 0.6 is 0 Å². The van der Waals surface area contributed by atoms with Gasteiger partial charge in [0.15, 0.2) is 0 Å². The maximum absolute atomic E-state index is 11.6. The Morgan fingerprint density at radius 1 is 1.56 bits per heavy atom. The molecule has 0 fully saturated rings. The lowest BCUT2D eigenvalue weighted by Gasteiger charge is -2.01. The summed E-state index contributed by atoms with van der Waals surface area (Å²) in [4.78, 5) is 19.5. The van der Waals surface area contributed by atoms with Crippen molar-refractivity contribution in [2.45, 2.75) is 26.9 Å². The fourth-order valence-electron chi connectivity index (χ4n) is 1.38. The van der Waals surface area contributed by atoms with Crippen molar-refractivity contribution in [1.29, 1.82) is 0 Å². The van der Waals surface area contributed by atoms with Crippen LogP contribution < -0.4 is 11.1 Å². The molecule has 0 spiro atoms. The molecule has 3 N–H and O–H groups in total. The van der Waals surface area contributed by atoms with Gasteiger partial charge in [-0.05, 0) is 13.8 Å². The number of rotatable bonds is 4. The molecule has 0 aliphatic heterocycles. The Kier molecular flexibility index (Phi) is 3.26. The molecule has 2 aromatic heterocycles. The Labute approximate surface area is 103 Å². The summed E-state index contributed by atoms with van der Waals surface area (Å²) in [7, 11) is 0. The second-order valence-electron chi connectivity index (χ2n) is 3.83. The first-order valence-corrected chi connectivity index (χ1v) is 5.39. The van der Waals surface area contributed by atoms with Crippen molar-refractivity contribution in [2.24, 2.45) is 0 Å². The molecule has 8 nitrogen and oxygen atoms in total. The predicted octanol–water partition coefficient (Wildman–Crippen LogP) is -0.218. The van der Waals surface area contributed by atoms with E-state index < -0.39 is 0 Å². The van der Waals surface area contributed by atoms with E-state index in [1.54, 1.807) is 0 Å². The van der Waals surface area contributed by atoms with Crippen molar-refractivity contribution in [1.82, 2.24) is 25.1 Å². The van der Waals surface area contributed by atoms with Crippen LogP contribution in [0.4, 0.5) is 5.95 Å². The standard InChI is InChI=1S/C10H14N6O2/c1-6-7(2)18-9(14-6)3-12-8(17)4-16-5-13-10(11)15-16/h5H,3-4H2,1-2H3,(H2,11,15)(H,12,17). The highest BCUT2D eigenvalue weighted by Gasteiger charge is 2.08. The lowest BCUT2D eigenvalue weighted by atomic mass is 10.4. The number of aromatic nitrogens is 4. The molecular formula is C10H14N6O2. The van der Waals surface area contributed by atoms with E-state index in [9.17, 15) is 4.79 Å². The number of nitrogens with zero attached hydrogens (tertiary/aromatic N) is 4. The quantitative estimate of drug-likeness (QED) is 0.776. The van der Waals surface area contributed by atoms with E-state index in [-0.39, 0.29) is 24.9 Å². The molecule has 0 bridgehead atoms. The average Bonchev–Trinajstić information content (AvgIpc) is 2.84. The van der Waals surface area contributed by atoms with Crippen molar-refractivity contribution in [2.75, 3.05) is 5.73 Å². The van der Waals surface area contributed by atoms with E-state index in [1.807, 2.05) is 13.8 Å². The molecule has 2 rings (SSSR count). The third-order valence-electron chi connectivity index (χ3n) is 2.37. The number of amides is 1. The maximum Gasteiger partial charge on any atom is 0.242 e. The smallest absolute Gasteiger partial charge is 0.242 e. The van der Waals surface area contributed by atoms with Gasteiger partial charge in [-0.1, -0.05) is 0 Å². The van der Waals surface area contributed by atoms with Crippen LogP contribution in [0.25, 0.3) is 0 Å². The molecule has 0 aromatic carbocycles. The van der Waals surface area contributed by atoms with Crippen molar-refractivity contribution < 1.29 is 9.21 Å². The number of aryl methyl sites for hydroxylation is 2. The summed E-state index contributed by atoms with van der Waals surface area (Å²) in [5, 5.41) is 6.48. The van der Waals surface area contributed by atoms with Gasteiger partial charge in [-0.2, -0.15) is 0 Å². The molecule has 0 saturated heterocycles. The molecule has 8 heteroatoms. The van der Waals surface area contributed by atoms with Crippen molar-refractivity contribution >= 4 is 11.9 Å². The average molecular weight is 250 g/mol. The first kappa shape index (κ1) is 12.1. The Morgan fingerprint density at radius 2 is 2.33 bits per heavy atom. The van der Waals surface area contributed by atoms with Crippen LogP contribution in [0.15, 0.2) is 10.7 Å². The molecule has 96 valence electrons. The van der Waals surface area contributed by atoms with Gasteiger partial charge in [0.05, 0.1) is 12.2 Å². The second kappa shape index (κ2) is 4.86. The summed E-state index contributed by atoms with van der Waals surface area (Å²) in [5.41, 5.74) is 6.16. The number of nitrogens with two attached hydrogens (primary N) is 1. The Balaban J connectivity index is 1.85. The van der Waals surface area contributed by atoms with Crippen LogP contribution in [-0.2, 0) is 17.9 Å². The molecule has 2 aromatic rings.